The fourth-order valence-electron chi connectivity index (χ4n) is 1.45. The highest BCUT2D eigenvalue weighted by molar-refractivity contribution is 7.15. The van der Waals surface area contributed by atoms with E-state index in [1.165, 1.54) is 5.56 Å². The monoisotopic (exact) mass is 254 g/mol. The lowest BCUT2D eigenvalue weighted by molar-refractivity contribution is 0.284. The average molecular weight is 254 g/mol. The van der Waals surface area contributed by atoms with Gasteiger partial charge in [-0.25, -0.2) is 4.98 Å². The molecule has 16 heavy (non-hydrogen) atoms. The van der Waals surface area contributed by atoms with Crippen molar-refractivity contribution in [2.45, 2.75) is 20.1 Å². The number of thiophene rings is 1. The third-order valence-electron chi connectivity index (χ3n) is 2.35. The molecule has 0 unspecified atom stereocenters. The Hall–Kier alpha value is -0.910. The van der Waals surface area contributed by atoms with Crippen LogP contribution < -0.4 is 4.90 Å². The smallest absolute Gasteiger partial charge is 0.185 e. The molecule has 0 aliphatic heterocycles. The molecule has 0 spiro atoms. The molecule has 0 amide bonds. The van der Waals surface area contributed by atoms with E-state index in [1.807, 2.05) is 14.0 Å². The molecule has 0 aromatic carbocycles. The summed E-state index contributed by atoms with van der Waals surface area (Å²) in [5, 5.41) is 14.3. The Balaban J connectivity index is 2.11. The van der Waals surface area contributed by atoms with Gasteiger partial charge in [-0.1, -0.05) is 11.3 Å². The van der Waals surface area contributed by atoms with Crippen molar-refractivity contribution in [2.75, 3.05) is 11.9 Å². The summed E-state index contributed by atoms with van der Waals surface area (Å²) in [7, 11) is 2.02. The van der Waals surface area contributed by atoms with Crippen LogP contribution in [0.25, 0.3) is 0 Å². The first-order valence-electron chi connectivity index (χ1n) is 5.00. The molecule has 0 saturated carbocycles. The van der Waals surface area contributed by atoms with E-state index in [0.717, 1.165) is 22.2 Å². The van der Waals surface area contributed by atoms with Crippen LogP contribution in [-0.2, 0) is 13.2 Å². The van der Waals surface area contributed by atoms with Gasteiger partial charge >= 0.3 is 0 Å². The van der Waals surface area contributed by atoms with Gasteiger partial charge in [-0.05, 0) is 29.3 Å². The molecule has 2 aromatic rings. The molecule has 0 bridgehead atoms. The normalized spacial score (nSPS) is 10.7. The number of aryl methyl sites for hydroxylation is 1. The van der Waals surface area contributed by atoms with Crippen LogP contribution in [0, 0.1) is 6.92 Å². The van der Waals surface area contributed by atoms with Gasteiger partial charge in [0, 0.05) is 13.6 Å². The summed E-state index contributed by atoms with van der Waals surface area (Å²) in [5.74, 6) is 0. The summed E-state index contributed by atoms with van der Waals surface area (Å²) in [5.41, 5.74) is 2.23. The van der Waals surface area contributed by atoms with Crippen LogP contribution in [0.4, 0.5) is 5.13 Å². The van der Waals surface area contributed by atoms with Crippen LogP contribution in [-0.4, -0.2) is 17.1 Å². The second-order valence-electron chi connectivity index (χ2n) is 3.65. The lowest BCUT2D eigenvalue weighted by Gasteiger charge is -2.14. The number of aromatic nitrogens is 1. The first kappa shape index (κ1) is 11.6. The summed E-state index contributed by atoms with van der Waals surface area (Å²) in [6.45, 7) is 2.88. The largest absolute Gasteiger partial charge is 0.391 e. The van der Waals surface area contributed by atoms with Crippen LogP contribution in [0.2, 0.25) is 0 Å². The van der Waals surface area contributed by atoms with E-state index in [2.05, 4.69) is 26.7 Å². The molecule has 0 aliphatic rings. The topological polar surface area (TPSA) is 36.4 Å². The summed E-state index contributed by atoms with van der Waals surface area (Å²) in [6.07, 6.45) is 0. The lowest BCUT2D eigenvalue weighted by Crippen LogP contribution is -2.15. The minimum atomic E-state index is 0.0792. The van der Waals surface area contributed by atoms with Gasteiger partial charge < -0.3 is 10.0 Å². The number of rotatable bonds is 4. The molecule has 2 heterocycles. The molecule has 1 N–H and O–H groups in total. The van der Waals surface area contributed by atoms with Crippen molar-refractivity contribution in [3.8, 4) is 0 Å². The van der Waals surface area contributed by atoms with E-state index < -0.39 is 0 Å². The number of thiazole rings is 1. The van der Waals surface area contributed by atoms with E-state index >= 15 is 0 Å². The van der Waals surface area contributed by atoms with Crippen molar-refractivity contribution in [2.24, 2.45) is 0 Å². The first-order chi connectivity index (χ1) is 7.70. The highest BCUT2D eigenvalue weighted by Gasteiger charge is 2.10. The van der Waals surface area contributed by atoms with Gasteiger partial charge in [0.1, 0.15) is 0 Å². The minimum absolute atomic E-state index is 0.0792. The molecule has 0 aliphatic carbocycles. The third kappa shape index (κ3) is 2.42. The van der Waals surface area contributed by atoms with Crippen LogP contribution in [0.1, 0.15) is 16.1 Å². The van der Waals surface area contributed by atoms with Crippen molar-refractivity contribution in [1.29, 1.82) is 0 Å². The maximum absolute atomic E-state index is 9.12. The van der Waals surface area contributed by atoms with Gasteiger partial charge in [0.2, 0.25) is 0 Å². The molecule has 2 aromatic heterocycles. The van der Waals surface area contributed by atoms with E-state index in [4.69, 9.17) is 5.11 Å². The Morgan fingerprint density at radius 2 is 2.31 bits per heavy atom. The molecule has 3 nitrogen and oxygen atoms in total. The molecular formula is C11H14N2OS2. The Bertz CT molecular complexity index is 451. The van der Waals surface area contributed by atoms with Gasteiger partial charge in [-0.3, -0.25) is 0 Å². The van der Waals surface area contributed by atoms with Crippen molar-refractivity contribution >= 4 is 27.8 Å². The number of aliphatic hydroxyl groups excluding tert-OH is 1. The SMILES string of the molecule is Cc1nc(N(C)Cc2ccsc2)sc1CO. The van der Waals surface area contributed by atoms with Crippen molar-refractivity contribution in [1.82, 2.24) is 4.98 Å². The van der Waals surface area contributed by atoms with E-state index in [-0.39, 0.29) is 6.61 Å². The Morgan fingerprint density at radius 1 is 1.50 bits per heavy atom. The van der Waals surface area contributed by atoms with Crippen LogP contribution >= 0.6 is 22.7 Å². The van der Waals surface area contributed by atoms with Gasteiger partial charge in [0.15, 0.2) is 5.13 Å². The highest BCUT2D eigenvalue weighted by atomic mass is 32.1. The Morgan fingerprint density at radius 3 is 2.88 bits per heavy atom. The fraction of sp³-hybridized carbons (Fsp3) is 0.364. The van der Waals surface area contributed by atoms with Crippen LogP contribution in [0.15, 0.2) is 16.8 Å². The Labute approximate surface area is 103 Å². The molecule has 0 radical (unpaired) electrons. The fourth-order valence-corrected chi connectivity index (χ4v) is 2.99. The molecule has 2 rings (SSSR count). The van der Waals surface area contributed by atoms with Crippen molar-refractivity contribution < 1.29 is 5.11 Å². The lowest BCUT2D eigenvalue weighted by atomic mass is 10.3. The molecule has 86 valence electrons. The molecule has 0 saturated heterocycles. The number of hydrogen-bond acceptors (Lipinski definition) is 5. The standard InChI is InChI=1S/C11H14N2OS2/c1-8-10(6-14)16-11(12-8)13(2)5-9-3-4-15-7-9/h3-4,7,14H,5-6H2,1-2H3. The number of aliphatic hydroxyl groups is 1. The van der Waals surface area contributed by atoms with Crippen molar-refractivity contribution in [3.05, 3.63) is 33.0 Å². The zero-order valence-corrected chi connectivity index (χ0v) is 10.9. The summed E-state index contributed by atoms with van der Waals surface area (Å²) >= 11 is 3.26. The average Bonchev–Trinajstić information content (AvgIpc) is 2.87. The van der Waals surface area contributed by atoms with Crippen molar-refractivity contribution in [3.63, 3.8) is 0 Å². The summed E-state index contributed by atoms with van der Waals surface area (Å²) in [4.78, 5) is 7.51. The van der Waals surface area contributed by atoms with E-state index in [0.29, 0.717) is 0 Å². The molecular weight excluding hydrogens is 240 g/mol. The van der Waals surface area contributed by atoms with E-state index in [1.54, 1.807) is 22.7 Å². The zero-order chi connectivity index (χ0) is 11.5. The number of nitrogens with zero attached hydrogens (tertiary/aromatic N) is 2. The third-order valence-corrected chi connectivity index (χ3v) is 4.34. The number of hydrogen-bond donors (Lipinski definition) is 1. The minimum Gasteiger partial charge on any atom is -0.391 e. The second kappa shape index (κ2) is 4.95. The van der Waals surface area contributed by atoms with Crippen LogP contribution in [0.3, 0.4) is 0 Å². The number of anilines is 1. The van der Waals surface area contributed by atoms with Gasteiger partial charge in [-0.15, -0.1) is 0 Å². The van der Waals surface area contributed by atoms with Gasteiger partial charge in [0.25, 0.3) is 0 Å². The highest BCUT2D eigenvalue weighted by Crippen LogP contribution is 2.26. The van der Waals surface area contributed by atoms with Gasteiger partial charge in [-0.2, -0.15) is 11.3 Å². The first-order valence-corrected chi connectivity index (χ1v) is 6.76. The quantitative estimate of drug-likeness (QED) is 0.911. The summed E-state index contributed by atoms with van der Waals surface area (Å²) in [6, 6.07) is 2.12. The second-order valence-corrected chi connectivity index (χ2v) is 5.49. The molecule has 0 atom stereocenters. The summed E-state index contributed by atoms with van der Waals surface area (Å²) < 4.78 is 0. The predicted molar refractivity (Wildman–Crippen MR) is 69.2 cm³/mol. The van der Waals surface area contributed by atoms with Gasteiger partial charge in [0.05, 0.1) is 17.2 Å². The molecule has 0 fully saturated rings. The van der Waals surface area contributed by atoms with Crippen LogP contribution in [0.5, 0.6) is 0 Å². The molecule has 5 heteroatoms. The maximum atomic E-state index is 9.12. The Kier molecular flexibility index (Phi) is 3.58. The predicted octanol–water partition coefficient (Wildman–Crippen LogP) is 2.64. The maximum Gasteiger partial charge on any atom is 0.185 e. The van der Waals surface area contributed by atoms with E-state index in [9.17, 15) is 0 Å². The zero-order valence-electron chi connectivity index (χ0n) is 9.30.